The molecule has 34 heavy (non-hydrogen) atoms. The fraction of sp³-hybridized carbons (Fsp3) is 0.688. The molecule has 2 heteroatoms. The Kier molecular flexibility index (Phi) is 9.43. The first-order chi connectivity index (χ1) is 16.6. The van der Waals surface area contributed by atoms with Gasteiger partial charge in [-0.2, -0.15) is 0 Å². The zero-order valence-electron chi connectivity index (χ0n) is 21.6. The number of hydrogen-bond acceptors (Lipinski definition) is 0. The summed E-state index contributed by atoms with van der Waals surface area (Å²) < 4.78 is 29.9. The van der Waals surface area contributed by atoms with Gasteiger partial charge in [-0.25, -0.2) is 8.78 Å². The lowest BCUT2D eigenvalue weighted by Gasteiger charge is -2.35. The lowest BCUT2D eigenvalue weighted by atomic mass is 9.70. The molecule has 0 amide bonds. The van der Waals surface area contributed by atoms with E-state index in [1.54, 1.807) is 0 Å². The highest BCUT2D eigenvalue weighted by atomic mass is 19.2. The van der Waals surface area contributed by atoms with E-state index in [9.17, 15) is 4.39 Å². The van der Waals surface area contributed by atoms with E-state index in [0.29, 0.717) is 23.5 Å². The highest BCUT2D eigenvalue weighted by molar-refractivity contribution is 5.67. The van der Waals surface area contributed by atoms with E-state index in [2.05, 4.69) is 32.1 Å². The smallest absolute Gasteiger partial charge is 0.166 e. The summed E-state index contributed by atoms with van der Waals surface area (Å²) >= 11 is 0. The van der Waals surface area contributed by atoms with Gasteiger partial charge in [0.1, 0.15) is 0 Å². The molecule has 0 aliphatic heterocycles. The third kappa shape index (κ3) is 6.41. The van der Waals surface area contributed by atoms with Crippen LogP contribution in [0.1, 0.15) is 115 Å². The largest absolute Gasteiger partial charge is 0.203 e. The molecular weight excluding hydrogens is 422 g/mol. The molecule has 0 spiro atoms. The number of benzene rings is 1. The minimum atomic E-state index is -0.632. The van der Waals surface area contributed by atoms with Crippen LogP contribution < -0.4 is 0 Å². The van der Waals surface area contributed by atoms with Gasteiger partial charge in [-0.3, -0.25) is 0 Å². The van der Waals surface area contributed by atoms with Crippen molar-refractivity contribution in [3.05, 3.63) is 53.1 Å². The van der Waals surface area contributed by atoms with Gasteiger partial charge in [-0.1, -0.05) is 69.9 Å². The molecule has 1 aromatic carbocycles. The number of allylic oxidation sites excluding steroid dienone is 4. The van der Waals surface area contributed by atoms with Crippen LogP contribution in [0, 0.1) is 41.2 Å². The molecule has 2 fully saturated rings. The van der Waals surface area contributed by atoms with E-state index in [-0.39, 0.29) is 0 Å². The highest BCUT2D eigenvalue weighted by Gasteiger charge is 2.29. The Morgan fingerprint density at radius 1 is 0.794 bits per heavy atom. The van der Waals surface area contributed by atoms with Crippen LogP contribution in [0.25, 0.3) is 5.57 Å². The summed E-state index contributed by atoms with van der Waals surface area (Å²) in [6.45, 7) is 4.61. The van der Waals surface area contributed by atoms with Crippen molar-refractivity contribution >= 4 is 5.57 Å². The molecule has 0 saturated heterocycles. The summed E-state index contributed by atoms with van der Waals surface area (Å²) in [5.74, 6) is 2.82. The summed E-state index contributed by atoms with van der Waals surface area (Å²) in [5, 5.41) is 0. The molecule has 0 aromatic heterocycles. The van der Waals surface area contributed by atoms with Gasteiger partial charge in [0.2, 0.25) is 0 Å². The zero-order chi connectivity index (χ0) is 23.9. The molecular formula is C32H46F2. The summed E-state index contributed by atoms with van der Waals surface area (Å²) in [6.07, 6.45) is 24.5. The number of halogens is 2. The van der Waals surface area contributed by atoms with Gasteiger partial charge in [0, 0.05) is 5.56 Å². The SMILES string of the molecule is CCC1CCC(/C=C/CCc2ccc(C3=CCC(C4CCC(CC)CC4)CC3)c(F)c2F)CC1. The van der Waals surface area contributed by atoms with Gasteiger partial charge in [0.05, 0.1) is 0 Å². The van der Waals surface area contributed by atoms with E-state index in [0.717, 1.165) is 54.9 Å². The van der Waals surface area contributed by atoms with Crippen molar-refractivity contribution in [3.8, 4) is 0 Å². The monoisotopic (exact) mass is 468 g/mol. The Morgan fingerprint density at radius 2 is 1.47 bits per heavy atom. The lowest BCUT2D eigenvalue weighted by molar-refractivity contribution is 0.192. The molecule has 0 radical (unpaired) electrons. The normalized spacial score (nSPS) is 30.5. The molecule has 2 saturated carbocycles. The van der Waals surface area contributed by atoms with Gasteiger partial charge >= 0.3 is 0 Å². The molecule has 0 bridgehead atoms. The topological polar surface area (TPSA) is 0 Å². The van der Waals surface area contributed by atoms with Crippen molar-refractivity contribution in [2.24, 2.45) is 29.6 Å². The first-order valence-electron chi connectivity index (χ1n) is 14.4. The average molecular weight is 469 g/mol. The van der Waals surface area contributed by atoms with E-state index < -0.39 is 11.6 Å². The minimum absolute atomic E-state index is 0.498. The Labute approximate surface area is 207 Å². The molecule has 3 aliphatic rings. The summed E-state index contributed by atoms with van der Waals surface area (Å²) in [6, 6.07) is 3.66. The van der Waals surface area contributed by atoms with Crippen molar-refractivity contribution in [1.82, 2.24) is 0 Å². The van der Waals surface area contributed by atoms with E-state index >= 15 is 4.39 Å². The van der Waals surface area contributed by atoms with E-state index in [1.165, 1.54) is 64.2 Å². The van der Waals surface area contributed by atoms with E-state index in [1.807, 2.05) is 12.1 Å². The Morgan fingerprint density at radius 3 is 2.09 bits per heavy atom. The second-order valence-electron chi connectivity index (χ2n) is 11.5. The van der Waals surface area contributed by atoms with Gasteiger partial charge in [-0.05, 0) is 111 Å². The predicted octanol–water partition coefficient (Wildman–Crippen LogP) is 10.1. The molecule has 4 rings (SSSR count). The van der Waals surface area contributed by atoms with Crippen LogP contribution in [0.15, 0.2) is 30.4 Å². The molecule has 0 nitrogen and oxygen atoms in total. The first kappa shape index (κ1) is 25.6. The van der Waals surface area contributed by atoms with Crippen LogP contribution in [-0.2, 0) is 6.42 Å². The Bertz CT molecular complexity index is 835. The van der Waals surface area contributed by atoms with Gasteiger partial charge < -0.3 is 0 Å². The Hall–Kier alpha value is -1.44. The van der Waals surface area contributed by atoms with Crippen molar-refractivity contribution < 1.29 is 8.78 Å². The maximum Gasteiger partial charge on any atom is 0.166 e. The van der Waals surface area contributed by atoms with E-state index in [4.69, 9.17) is 0 Å². The maximum atomic E-state index is 15.0. The third-order valence-electron chi connectivity index (χ3n) is 9.55. The minimum Gasteiger partial charge on any atom is -0.203 e. The number of rotatable bonds is 8. The highest BCUT2D eigenvalue weighted by Crippen LogP contribution is 2.42. The average Bonchev–Trinajstić information content (AvgIpc) is 2.89. The molecule has 1 unspecified atom stereocenters. The summed E-state index contributed by atoms with van der Waals surface area (Å²) in [4.78, 5) is 0. The van der Waals surface area contributed by atoms with Crippen LogP contribution >= 0.6 is 0 Å². The van der Waals surface area contributed by atoms with Gasteiger partial charge in [0.15, 0.2) is 11.6 Å². The molecule has 3 aliphatic carbocycles. The van der Waals surface area contributed by atoms with Crippen molar-refractivity contribution in [3.63, 3.8) is 0 Å². The number of aryl methyl sites for hydroxylation is 1. The van der Waals surface area contributed by atoms with Crippen molar-refractivity contribution in [2.75, 3.05) is 0 Å². The predicted molar refractivity (Wildman–Crippen MR) is 141 cm³/mol. The summed E-state index contributed by atoms with van der Waals surface area (Å²) in [5.41, 5.74) is 2.03. The fourth-order valence-electron chi connectivity index (χ4n) is 6.94. The lowest BCUT2D eigenvalue weighted by Crippen LogP contribution is -2.23. The van der Waals surface area contributed by atoms with Crippen molar-refractivity contribution in [2.45, 2.75) is 110 Å². The number of hydrogen-bond donors (Lipinski definition) is 0. The molecule has 1 aromatic rings. The van der Waals surface area contributed by atoms with Crippen LogP contribution in [0.2, 0.25) is 0 Å². The quantitative estimate of drug-likeness (QED) is 0.333. The van der Waals surface area contributed by atoms with Gasteiger partial charge in [0.25, 0.3) is 0 Å². The molecule has 0 N–H and O–H groups in total. The Balaban J connectivity index is 1.29. The summed E-state index contributed by atoms with van der Waals surface area (Å²) in [7, 11) is 0. The molecule has 1 atom stereocenters. The fourth-order valence-corrected chi connectivity index (χ4v) is 6.94. The molecule has 0 heterocycles. The van der Waals surface area contributed by atoms with Crippen molar-refractivity contribution in [1.29, 1.82) is 0 Å². The van der Waals surface area contributed by atoms with Crippen LogP contribution in [-0.4, -0.2) is 0 Å². The molecule has 188 valence electrons. The van der Waals surface area contributed by atoms with Crippen LogP contribution in [0.3, 0.4) is 0 Å². The second-order valence-corrected chi connectivity index (χ2v) is 11.5. The first-order valence-corrected chi connectivity index (χ1v) is 14.4. The second kappa shape index (κ2) is 12.5. The maximum absolute atomic E-state index is 15.0. The zero-order valence-corrected chi connectivity index (χ0v) is 21.6. The third-order valence-corrected chi connectivity index (χ3v) is 9.55. The van der Waals surface area contributed by atoms with Crippen LogP contribution in [0.4, 0.5) is 8.78 Å². The van der Waals surface area contributed by atoms with Crippen LogP contribution in [0.5, 0.6) is 0 Å². The van der Waals surface area contributed by atoms with Gasteiger partial charge in [-0.15, -0.1) is 0 Å². The standard InChI is InChI=1S/C32H46F2/c1-3-23-9-11-25(12-10-23)7-5-6-8-29-21-22-30(32(34)31(29)33)28-19-17-27(18-20-28)26-15-13-24(4-2)14-16-26/h5,7,19,21-27H,3-4,6,8-18,20H2,1-2H3/b7-5+.